The normalized spacial score (nSPS) is 10.5. The van der Waals surface area contributed by atoms with Crippen LogP contribution in [-0.4, -0.2) is 24.7 Å². The molecule has 4 aromatic heterocycles. The van der Waals surface area contributed by atoms with E-state index in [9.17, 15) is 0 Å². The van der Waals surface area contributed by atoms with E-state index in [0.717, 1.165) is 64.5 Å². The predicted octanol–water partition coefficient (Wildman–Crippen LogP) is 13.3. The summed E-state index contributed by atoms with van der Waals surface area (Å²) in [6.45, 7) is 21.0. The Morgan fingerprint density at radius 2 is 1.02 bits per heavy atom. The van der Waals surface area contributed by atoms with Crippen molar-refractivity contribution in [2.75, 3.05) is 10.6 Å². The average Bonchev–Trinajstić information content (AvgIpc) is 3.69. The van der Waals surface area contributed by atoms with E-state index in [4.69, 9.17) is 15.1 Å². The van der Waals surface area contributed by atoms with Crippen LogP contribution in [0.1, 0.15) is 72.2 Å². The van der Waals surface area contributed by atoms with Crippen LogP contribution in [0.2, 0.25) is 0 Å². The minimum absolute atomic E-state index is 0.718. The highest BCUT2D eigenvalue weighted by Gasteiger charge is 2.12. The molecule has 0 saturated heterocycles. The molecule has 0 aliphatic carbocycles. The summed E-state index contributed by atoms with van der Waals surface area (Å²) in [6.07, 6.45) is 8.34. The van der Waals surface area contributed by atoms with Gasteiger partial charge in [0.2, 0.25) is 0 Å². The Hall–Kier alpha value is -6.34. The number of fused-ring (bicyclic) bond motifs is 4. The summed E-state index contributed by atoms with van der Waals surface area (Å²) in [5.74, 6) is 1.02. The summed E-state index contributed by atoms with van der Waals surface area (Å²) < 4.78 is 1.99. The predicted molar refractivity (Wildman–Crippen MR) is 243 cm³/mol. The van der Waals surface area contributed by atoms with Gasteiger partial charge in [-0.2, -0.15) is 5.10 Å². The molecule has 0 unspecified atom stereocenters. The summed E-state index contributed by atoms with van der Waals surface area (Å²) in [6, 6.07) is 39.4. The first-order valence-corrected chi connectivity index (χ1v) is 19.7. The van der Waals surface area contributed by atoms with Crippen LogP contribution in [-0.2, 0) is 19.5 Å². The molecule has 0 atom stereocenters. The van der Waals surface area contributed by atoms with E-state index in [-0.39, 0.29) is 0 Å². The Kier molecular flexibility index (Phi) is 16.8. The van der Waals surface area contributed by atoms with Gasteiger partial charge in [-0.3, -0.25) is 4.98 Å². The van der Waals surface area contributed by atoms with Crippen LogP contribution in [0.4, 0.5) is 11.5 Å². The summed E-state index contributed by atoms with van der Waals surface area (Å²) in [5, 5.41) is 16.6. The van der Waals surface area contributed by atoms with Gasteiger partial charge in [0.05, 0.1) is 27.8 Å². The molecule has 56 heavy (non-hydrogen) atoms. The molecule has 4 aromatic carbocycles. The van der Waals surface area contributed by atoms with Crippen molar-refractivity contribution < 1.29 is 0 Å². The number of nitrogens with one attached hydrogen (secondary N) is 2. The Balaban J connectivity index is 0.000000218. The third-order valence-electron chi connectivity index (χ3n) is 8.87. The third kappa shape index (κ3) is 10.4. The van der Waals surface area contributed by atoms with Crippen molar-refractivity contribution in [2.24, 2.45) is 0 Å². The second-order valence-electron chi connectivity index (χ2n) is 12.3. The molecule has 0 fully saturated rings. The number of aryl methyl sites for hydroxylation is 1. The van der Waals surface area contributed by atoms with Crippen LogP contribution < -0.4 is 10.6 Å². The Morgan fingerprint density at radius 1 is 0.625 bits per heavy atom. The molecule has 8 rings (SSSR count). The monoisotopic (exact) mass is 743 g/mol. The van der Waals surface area contributed by atoms with Gasteiger partial charge >= 0.3 is 0 Å². The van der Waals surface area contributed by atoms with Crippen molar-refractivity contribution in [1.29, 1.82) is 0 Å². The Morgan fingerprint density at radius 3 is 1.41 bits per heavy atom. The van der Waals surface area contributed by atoms with Crippen LogP contribution in [0.5, 0.6) is 0 Å². The zero-order valence-electron chi connectivity index (χ0n) is 34.3. The molecule has 0 aliphatic heterocycles. The molecular weight excluding hydrogens is 687 g/mol. The van der Waals surface area contributed by atoms with E-state index >= 15 is 0 Å². The molecule has 2 N–H and O–H groups in total. The number of hydrogen-bond acceptors (Lipinski definition) is 6. The second-order valence-corrected chi connectivity index (χ2v) is 12.3. The largest absolute Gasteiger partial charge is 0.381 e. The number of allylic oxidation sites excluding steroid dienone is 3. The number of rotatable bonds is 8. The number of nitrogens with zero attached hydrogens (tertiary/aromatic N) is 5. The van der Waals surface area contributed by atoms with E-state index < -0.39 is 0 Å². The number of hydrogen-bond donors (Lipinski definition) is 2. The topological polar surface area (TPSA) is 80.5 Å². The van der Waals surface area contributed by atoms with Crippen molar-refractivity contribution in [3.05, 3.63) is 163 Å². The lowest BCUT2D eigenvalue weighted by Crippen LogP contribution is -2.07. The molecule has 0 radical (unpaired) electrons. The number of pyridine rings is 3. The van der Waals surface area contributed by atoms with Gasteiger partial charge in [-0.25, -0.2) is 14.6 Å². The maximum Gasteiger partial charge on any atom is 0.129 e. The van der Waals surface area contributed by atoms with Gasteiger partial charge < -0.3 is 10.6 Å². The van der Waals surface area contributed by atoms with E-state index in [2.05, 4.69) is 121 Å². The van der Waals surface area contributed by atoms with Gasteiger partial charge in [0.15, 0.2) is 0 Å². The van der Waals surface area contributed by atoms with E-state index in [0.29, 0.717) is 0 Å². The minimum Gasteiger partial charge on any atom is -0.381 e. The van der Waals surface area contributed by atoms with Crippen LogP contribution in [0.15, 0.2) is 146 Å². The zero-order chi connectivity index (χ0) is 40.3. The summed E-state index contributed by atoms with van der Waals surface area (Å²) in [5.41, 5.74) is 9.93. The van der Waals surface area contributed by atoms with Crippen LogP contribution in [0.3, 0.4) is 0 Å². The molecule has 7 heteroatoms. The first kappa shape index (κ1) is 42.4. The fourth-order valence-corrected chi connectivity index (χ4v) is 6.20. The smallest absolute Gasteiger partial charge is 0.129 e. The highest BCUT2D eigenvalue weighted by molar-refractivity contribution is 5.98. The molecule has 0 aliphatic rings. The lowest BCUT2D eigenvalue weighted by molar-refractivity contribution is 0.850. The third-order valence-corrected chi connectivity index (χ3v) is 8.87. The number of aromatic nitrogens is 5. The number of anilines is 2. The van der Waals surface area contributed by atoms with Crippen LogP contribution in [0.25, 0.3) is 49.3 Å². The molecule has 0 spiro atoms. The average molecular weight is 744 g/mol. The zero-order valence-corrected chi connectivity index (χ0v) is 34.3. The molecule has 7 nitrogen and oxygen atoms in total. The maximum atomic E-state index is 4.82. The van der Waals surface area contributed by atoms with Gasteiger partial charge in [0.25, 0.3) is 0 Å². The molecule has 4 heterocycles. The van der Waals surface area contributed by atoms with Crippen molar-refractivity contribution in [2.45, 2.75) is 74.9 Å². The van der Waals surface area contributed by atoms with E-state index in [1.54, 1.807) is 18.5 Å². The van der Waals surface area contributed by atoms with Crippen molar-refractivity contribution in [3.8, 4) is 0 Å². The minimum atomic E-state index is 0.718. The molecule has 288 valence electrons. The first-order chi connectivity index (χ1) is 27.5. The van der Waals surface area contributed by atoms with Gasteiger partial charge in [0, 0.05) is 64.5 Å². The molecular formula is C49H57N7. The molecule has 8 aromatic rings. The lowest BCUT2D eigenvalue weighted by atomic mass is 10.0. The Bertz CT molecular complexity index is 2360. The summed E-state index contributed by atoms with van der Waals surface area (Å²) >= 11 is 0. The van der Waals surface area contributed by atoms with Crippen LogP contribution >= 0.6 is 0 Å². The van der Waals surface area contributed by atoms with Gasteiger partial charge in [0.1, 0.15) is 5.82 Å². The van der Waals surface area contributed by atoms with Crippen LogP contribution in [0, 0.1) is 0 Å². The number of para-hydroxylation sites is 4. The van der Waals surface area contributed by atoms with Crippen molar-refractivity contribution in [1.82, 2.24) is 24.7 Å². The lowest BCUT2D eigenvalue weighted by Gasteiger charge is -2.14. The molecule has 0 bridgehead atoms. The molecule has 0 amide bonds. The number of benzene rings is 4. The molecule has 0 saturated carbocycles. The highest BCUT2D eigenvalue weighted by Crippen LogP contribution is 2.28. The maximum absolute atomic E-state index is 4.82. The Labute approximate surface area is 333 Å². The highest BCUT2D eigenvalue weighted by atomic mass is 15.3. The standard InChI is InChI=1S/C23H24N4.C19H15N3.C3H6.2C2H6/c1-4-16(3)27-23(14-17(5-2)26-27)24-15-20-18-10-6-8-12-21(18)25-22-13-9-7-11-19(20)22;1-3-7-18-15(5-1)17(13-21-14-9-11-20-12-10-14)16-6-2-4-8-19(16)22-18;1-3-2;2*1-2/h4,6-14,24H,5,15H2,1-3H3;1-12H,13H2,(H,20,21);3H,1H2,2H3;2*1-2H3/b16-4+;;;;. The van der Waals surface area contributed by atoms with Crippen molar-refractivity contribution in [3.63, 3.8) is 0 Å². The van der Waals surface area contributed by atoms with E-state index in [1.807, 2.05) is 82.6 Å². The second kappa shape index (κ2) is 22.1. The quantitative estimate of drug-likeness (QED) is 0.119. The van der Waals surface area contributed by atoms with Gasteiger partial charge in [-0.05, 0) is 74.7 Å². The fourth-order valence-electron chi connectivity index (χ4n) is 6.20. The van der Waals surface area contributed by atoms with Gasteiger partial charge in [-0.1, -0.05) is 120 Å². The summed E-state index contributed by atoms with van der Waals surface area (Å²) in [7, 11) is 0. The van der Waals surface area contributed by atoms with Gasteiger partial charge in [-0.15, -0.1) is 6.58 Å². The first-order valence-electron chi connectivity index (χ1n) is 19.7. The SMILES string of the molecule is C/C=C(\C)n1nc(CC)cc1NCc1c2ccccc2nc2ccccc12.C=CC.CC.CC.c1ccc2c(CNc3ccncc3)c3ccccc3nc2c1. The summed E-state index contributed by atoms with van der Waals surface area (Å²) in [4.78, 5) is 13.6. The van der Waals surface area contributed by atoms with E-state index in [1.165, 1.54) is 32.7 Å². The fraction of sp³-hybridized carbons (Fsp3) is 0.224. The van der Waals surface area contributed by atoms with Crippen molar-refractivity contribution >= 4 is 60.8 Å².